The van der Waals surface area contributed by atoms with Crippen molar-refractivity contribution in [3.05, 3.63) is 23.3 Å². The number of carboxylic acid groups (broad SMARTS) is 2. The molecule has 0 radical (unpaired) electrons. The van der Waals surface area contributed by atoms with E-state index in [9.17, 15) is 9.59 Å². The van der Waals surface area contributed by atoms with Gasteiger partial charge in [-0.25, -0.2) is 9.59 Å². The molecular formula is C9H8O6. The summed E-state index contributed by atoms with van der Waals surface area (Å²) in [6.45, 7) is -0.585. The smallest absolute Gasteiger partial charge is 0.335 e. The molecule has 2 rings (SSSR count). The third-order valence-corrected chi connectivity index (χ3v) is 2.53. The van der Waals surface area contributed by atoms with Gasteiger partial charge >= 0.3 is 11.9 Å². The summed E-state index contributed by atoms with van der Waals surface area (Å²) in [5, 5.41) is 26.8. The molecule has 15 heavy (non-hydrogen) atoms. The summed E-state index contributed by atoms with van der Waals surface area (Å²) in [5.74, 6) is -2.72. The van der Waals surface area contributed by atoms with Crippen LogP contribution < -0.4 is 0 Å². The Kier molecular flexibility index (Phi) is 1.92. The summed E-state index contributed by atoms with van der Waals surface area (Å²) >= 11 is 0. The minimum Gasteiger partial charge on any atom is -0.478 e. The highest BCUT2D eigenvalue weighted by Gasteiger charge is 2.53. The maximum absolute atomic E-state index is 10.9. The maximum atomic E-state index is 10.9. The van der Waals surface area contributed by atoms with Crippen LogP contribution >= 0.6 is 0 Å². The molecule has 3 N–H and O–H groups in total. The lowest BCUT2D eigenvalue weighted by Gasteiger charge is -2.21. The number of hydrogen-bond donors (Lipinski definition) is 3. The Bertz CT molecular complexity index is 407. The Hall–Kier alpha value is -1.66. The topological polar surface area (TPSA) is 104 Å². The number of aliphatic hydroxyl groups excluding tert-OH is 1. The molecule has 0 aromatic carbocycles. The molecule has 80 valence electrons. The molecule has 0 aromatic rings. The molecule has 0 aliphatic carbocycles. The van der Waals surface area contributed by atoms with Crippen molar-refractivity contribution in [2.24, 2.45) is 0 Å². The van der Waals surface area contributed by atoms with Gasteiger partial charge < -0.3 is 20.1 Å². The Morgan fingerprint density at radius 3 is 2.53 bits per heavy atom. The molecule has 2 atom stereocenters. The van der Waals surface area contributed by atoms with Gasteiger partial charge in [0.05, 0.1) is 17.8 Å². The van der Waals surface area contributed by atoms with Crippen LogP contribution in [0.4, 0.5) is 0 Å². The molecule has 2 heterocycles. The third-order valence-electron chi connectivity index (χ3n) is 2.53. The molecule has 6 nitrogen and oxygen atoms in total. The zero-order chi connectivity index (χ0) is 11.2. The predicted octanol–water partition coefficient (Wildman–Crippen LogP) is -0.848. The molecule has 0 saturated carbocycles. The van der Waals surface area contributed by atoms with E-state index in [1.807, 2.05) is 0 Å². The molecule has 2 aliphatic heterocycles. The fraction of sp³-hybridized carbons (Fsp3) is 0.333. The van der Waals surface area contributed by atoms with E-state index < -0.39 is 30.3 Å². The van der Waals surface area contributed by atoms with Crippen molar-refractivity contribution in [2.45, 2.75) is 11.7 Å². The molecule has 0 aromatic heterocycles. The van der Waals surface area contributed by atoms with Crippen LogP contribution in [0.1, 0.15) is 0 Å². The first kappa shape index (κ1) is 9.88. The van der Waals surface area contributed by atoms with Gasteiger partial charge in [-0.05, 0) is 6.08 Å². The molecular weight excluding hydrogens is 204 g/mol. The lowest BCUT2D eigenvalue weighted by molar-refractivity contribution is -0.136. The van der Waals surface area contributed by atoms with Crippen molar-refractivity contribution in [1.29, 1.82) is 0 Å². The van der Waals surface area contributed by atoms with Crippen LogP contribution in [-0.4, -0.2) is 45.6 Å². The zero-order valence-corrected chi connectivity index (χ0v) is 7.51. The minimum absolute atomic E-state index is 0.306. The van der Waals surface area contributed by atoms with Crippen LogP contribution in [0.15, 0.2) is 23.3 Å². The van der Waals surface area contributed by atoms with Gasteiger partial charge in [0.15, 0.2) is 0 Å². The summed E-state index contributed by atoms with van der Waals surface area (Å²) in [7, 11) is 0. The van der Waals surface area contributed by atoms with Crippen molar-refractivity contribution < 1.29 is 29.6 Å². The van der Waals surface area contributed by atoms with Crippen LogP contribution in [0.5, 0.6) is 0 Å². The van der Waals surface area contributed by atoms with Gasteiger partial charge in [-0.3, -0.25) is 0 Å². The van der Waals surface area contributed by atoms with Crippen LogP contribution in [0.25, 0.3) is 0 Å². The van der Waals surface area contributed by atoms with Gasteiger partial charge in [-0.2, -0.15) is 0 Å². The van der Waals surface area contributed by atoms with Crippen molar-refractivity contribution in [3.63, 3.8) is 0 Å². The largest absolute Gasteiger partial charge is 0.478 e. The zero-order valence-electron chi connectivity index (χ0n) is 7.51. The number of hydrogen-bond acceptors (Lipinski definition) is 4. The Morgan fingerprint density at radius 1 is 1.40 bits per heavy atom. The molecule has 0 amide bonds. The quantitative estimate of drug-likeness (QED) is 0.526. The first-order valence-electron chi connectivity index (χ1n) is 4.21. The Labute approximate surface area is 84.1 Å². The highest BCUT2D eigenvalue weighted by Crippen LogP contribution is 2.42. The first-order chi connectivity index (χ1) is 7.02. The Balaban J connectivity index is 2.58. The highest BCUT2D eigenvalue weighted by molar-refractivity contribution is 6.03. The van der Waals surface area contributed by atoms with Gasteiger partial charge in [-0.1, -0.05) is 6.08 Å². The number of fused-ring (bicyclic) bond motifs is 2. The normalized spacial score (nSPS) is 32.5. The molecule has 0 fully saturated rings. The second-order valence-corrected chi connectivity index (χ2v) is 3.34. The minimum atomic E-state index is -1.48. The molecule has 0 spiro atoms. The molecule has 0 saturated heterocycles. The van der Waals surface area contributed by atoms with E-state index in [1.54, 1.807) is 0 Å². The Morgan fingerprint density at radius 2 is 2.07 bits per heavy atom. The molecule has 2 bridgehead atoms. The van der Waals surface area contributed by atoms with Crippen molar-refractivity contribution in [1.82, 2.24) is 0 Å². The second-order valence-electron chi connectivity index (χ2n) is 3.34. The van der Waals surface area contributed by atoms with Gasteiger partial charge in [0.1, 0.15) is 11.7 Å². The van der Waals surface area contributed by atoms with E-state index in [1.165, 1.54) is 12.2 Å². The van der Waals surface area contributed by atoms with Crippen LogP contribution in [0.3, 0.4) is 0 Å². The highest BCUT2D eigenvalue weighted by atomic mass is 16.5. The monoisotopic (exact) mass is 212 g/mol. The molecule has 2 aliphatic rings. The van der Waals surface area contributed by atoms with E-state index in [0.29, 0.717) is 0 Å². The van der Waals surface area contributed by atoms with E-state index in [0.717, 1.165) is 0 Å². The van der Waals surface area contributed by atoms with Crippen LogP contribution in [0.2, 0.25) is 0 Å². The molecule has 2 unspecified atom stereocenters. The maximum Gasteiger partial charge on any atom is 0.335 e. The lowest BCUT2D eigenvalue weighted by Crippen LogP contribution is -2.35. The average Bonchev–Trinajstić information content (AvgIpc) is 2.72. The summed E-state index contributed by atoms with van der Waals surface area (Å²) in [4.78, 5) is 21.8. The van der Waals surface area contributed by atoms with E-state index in [4.69, 9.17) is 20.1 Å². The number of rotatable bonds is 3. The number of ether oxygens (including phenoxy) is 1. The fourth-order valence-corrected chi connectivity index (χ4v) is 1.91. The summed E-state index contributed by atoms with van der Waals surface area (Å²) in [6.07, 6.45) is 1.94. The van der Waals surface area contributed by atoms with E-state index in [2.05, 4.69) is 0 Å². The standard InChI is InChI=1S/C9H8O6/c10-3-9-2-1-4(15-9)5(7(11)12)6(9)8(13)14/h1-2,4,10H,3H2,(H,11,12)(H,13,14). The van der Waals surface area contributed by atoms with Crippen molar-refractivity contribution in [2.75, 3.05) is 6.61 Å². The average molecular weight is 212 g/mol. The summed E-state index contributed by atoms with van der Waals surface area (Å²) in [6, 6.07) is 0. The SMILES string of the molecule is O=C(O)C1=C(C(=O)O)C2(CO)C=CC1O2. The summed E-state index contributed by atoms with van der Waals surface area (Å²) < 4.78 is 5.16. The number of carbonyl (C=O) groups is 2. The van der Waals surface area contributed by atoms with E-state index in [-0.39, 0.29) is 11.1 Å². The van der Waals surface area contributed by atoms with Gasteiger partial charge in [0.2, 0.25) is 0 Å². The van der Waals surface area contributed by atoms with Crippen LogP contribution in [0, 0.1) is 0 Å². The lowest BCUT2D eigenvalue weighted by atomic mass is 9.87. The number of aliphatic hydroxyl groups is 1. The van der Waals surface area contributed by atoms with Crippen molar-refractivity contribution in [3.8, 4) is 0 Å². The second kappa shape index (κ2) is 2.91. The van der Waals surface area contributed by atoms with Gasteiger partial charge in [0.25, 0.3) is 0 Å². The summed E-state index contributed by atoms with van der Waals surface area (Å²) in [5.41, 5.74) is -2.17. The fourth-order valence-electron chi connectivity index (χ4n) is 1.91. The van der Waals surface area contributed by atoms with Crippen LogP contribution in [-0.2, 0) is 14.3 Å². The third kappa shape index (κ3) is 1.12. The molecule has 6 heteroatoms. The number of aliphatic carboxylic acids is 2. The van der Waals surface area contributed by atoms with Crippen molar-refractivity contribution >= 4 is 11.9 Å². The first-order valence-corrected chi connectivity index (χ1v) is 4.21. The van der Waals surface area contributed by atoms with Gasteiger partial charge in [-0.15, -0.1) is 0 Å². The predicted molar refractivity (Wildman–Crippen MR) is 46.1 cm³/mol. The number of carboxylic acids is 2. The van der Waals surface area contributed by atoms with Gasteiger partial charge in [0, 0.05) is 0 Å². The van der Waals surface area contributed by atoms with E-state index >= 15 is 0 Å².